The number of sulfone groups is 1. The maximum Gasteiger partial charge on any atom is 0.338 e. The van der Waals surface area contributed by atoms with E-state index in [0.29, 0.717) is 16.7 Å². The van der Waals surface area contributed by atoms with Gasteiger partial charge in [-0.3, -0.25) is 0 Å². The summed E-state index contributed by atoms with van der Waals surface area (Å²) in [5, 5.41) is 8.88. The quantitative estimate of drug-likeness (QED) is 0.946. The first-order chi connectivity index (χ1) is 9.70. The van der Waals surface area contributed by atoms with Gasteiger partial charge in [-0.1, -0.05) is 12.1 Å². The molecule has 2 rings (SSSR count). The maximum absolute atomic E-state index is 13.8. The summed E-state index contributed by atoms with van der Waals surface area (Å²) < 4.78 is 36.9. The van der Waals surface area contributed by atoms with Crippen LogP contribution < -0.4 is 0 Å². The monoisotopic (exact) mass is 308 g/mol. The van der Waals surface area contributed by atoms with Crippen molar-refractivity contribution in [2.45, 2.75) is 11.8 Å². The highest BCUT2D eigenvalue weighted by Gasteiger charge is 2.15. The van der Waals surface area contributed by atoms with Crippen LogP contribution in [0.15, 0.2) is 41.3 Å². The number of halogens is 1. The molecule has 6 heteroatoms. The fourth-order valence-corrected chi connectivity index (χ4v) is 2.72. The maximum atomic E-state index is 13.8. The lowest BCUT2D eigenvalue weighted by atomic mass is 9.98. The highest BCUT2D eigenvalue weighted by molar-refractivity contribution is 7.90. The van der Waals surface area contributed by atoms with Gasteiger partial charge in [0.05, 0.1) is 10.5 Å². The van der Waals surface area contributed by atoms with Crippen molar-refractivity contribution in [1.29, 1.82) is 0 Å². The molecule has 0 atom stereocenters. The number of rotatable bonds is 3. The van der Waals surface area contributed by atoms with E-state index in [1.54, 1.807) is 19.1 Å². The Labute approximate surface area is 121 Å². The molecule has 0 aliphatic rings. The minimum atomic E-state index is -3.37. The molecule has 0 heterocycles. The molecule has 0 unspecified atom stereocenters. The predicted molar refractivity (Wildman–Crippen MR) is 76.6 cm³/mol. The third-order valence-electron chi connectivity index (χ3n) is 3.12. The number of carboxylic acid groups (broad SMARTS) is 1. The lowest BCUT2D eigenvalue weighted by molar-refractivity contribution is 0.0692. The molecule has 0 saturated carbocycles. The number of aromatic carboxylic acids is 1. The van der Waals surface area contributed by atoms with Gasteiger partial charge in [0, 0.05) is 6.26 Å². The number of hydrogen-bond donors (Lipinski definition) is 1. The summed E-state index contributed by atoms with van der Waals surface area (Å²) >= 11 is 0. The summed E-state index contributed by atoms with van der Waals surface area (Å²) in [4.78, 5) is 11.0. The molecule has 0 fully saturated rings. The van der Waals surface area contributed by atoms with Crippen molar-refractivity contribution in [2.75, 3.05) is 6.26 Å². The normalized spacial score (nSPS) is 11.4. The second-order valence-electron chi connectivity index (χ2n) is 4.75. The summed E-state index contributed by atoms with van der Waals surface area (Å²) in [6, 6.07) is 8.46. The van der Waals surface area contributed by atoms with Crippen LogP contribution in [0.2, 0.25) is 0 Å². The minimum absolute atomic E-state index is 0.127. The van der Waals surface area contributed by atoms with E-state index in [1.165, 1.54) is 18.2 Å². The number of benzene rings is 2. The van der Waals surface area contributed by atoms with Crippen molar-refractivity contribution >= 4 is 15.8 Å². The topological polar surface area (TPSA) is 71.4 Å². The van der Waals surface area contributed by atoms with Gasteiger partial charge >= 0.3 is 5.97 Å². The summed E-state index contributed by atoms with van der Waals surface area (Å²) in [7, 11) is -3.37. The SMILES string of the molecule is Cc1cc(C(=O)O)c(F)cc1-c1cccc(S(C)(=O)=O)c1. The van der Waals surface area contributed by atoms with Crippen LogP contribution in [0.4, 0.5) is 4.39 Å². The molecule has 4 nitrogen and oxygen atoms in total. The highest BCUT2D eigenvalue weighted by Crippen LogP contribution is 2.28. The molecule has 2 aromatic rings. The number of hydrogen-bond acceptors (Lipinski definition) is 3. The Balaban J connectivity index is 2.63. The highest BCUT2D eigenvalue weighted by atomic mass is 32.2. The average molecular weight is 308 g/mol. The Kier molecular flexibility index (Phi) is 3.82. The second-order valence-corrected chi connectivity index (χ2v) is 6.77. The van der Waals surface area contributed by atoms with E-state index in [0.717, 1.165) is 12.3 Å². The van der Waals surface area contributed by atoms with Gasteiger partial charge in [0.25, 0.3) is 0 Å². The standard InChI is InChI=1S/C15H13FO4S/c1-9-6-13(15(17)18)14(16)8-12(9)10-4-3-5-11(7-10)21(2,19)20/h3-8H,1-2H3,(H,17,18). The van der Waals surface area contributed by atoms with Gasteiger partial charge in [-0.25, -0.2) is 17.6 Å². The number of carbonyl (C=O) groups is 1. The Bertz CT molecular complexity index is 826. The zero-order valence-electron chi connectivity index (χ0n) is 11.4. The van der Waals surface area contributed by atoms with Crippen LogP contribution in [0.1, 0.15) is 15.9 Å². The molecular formula is C15H13FO4S. The molecule has 0 saturated heterocycles. The van der Waals surface area contributed by atoms with E-state index >= 15 is 0 Å². The van der Waals surface area contributed by atoms with Crippen molar-refractivity contribution in [3.05, 3.63) is 53.3 Å². The van der Waals surface area contributed by atoms with E-state index in [1.807, 2.05) is 0 Å². The van der Waals surface area contributed by atoms with Crippen LogP contribution in [0.25, 0.3) is 11.1 Å². The molecule has 110 valence electrons. The molecule has 0 aliphatic carbocycles. The molecule has 0 radical (unpaired) electrons. The van der Waals surface area contributed by atoms with Crippen LogP contribution >= 0.6 is 0 Å². The number of carboxylic acids is 1. The second kappa shape index (κ2) is 5.29. The molecule has 21 heavy (non-hydrogen) atoms. The molecule has 1 N–H and O–H groups in total. The largest absolute Gasteiger partial charge is 0.478 e. The van der Waals surface area contributed by atoms with Crippen molar-refractivity contribution in [3.63, 3.8) is 0 Å². The Morgan fingerprint density at radius 2 is 1.86 bits per heavy atom. The third-order valence-corrected chi connectivity index (χ3v) is 4.23. The van der Waals surface area contributed by atoms with E-state index < -0.39 is 27.2 Å². The zero-order chi connectivity index (χ0) is 15.8. The van der Waals surface area contributed by atoms with Crippen LogP contribution in [0, 0.1) is 12.7 Å². The summed E-state index contributed by atoms with van der Waals surface area (Å²) in [5.74, 6) is -2.19. The smallest absolute Gasteiger partial charge is 0.338 e. The molecular weight excluding hydrogens is 295 g/mol. The first kappa shape index (κ1) is 15.2. The molecule has 0 amide bonds. The van der Waals surface area contributed by atoms with E-state index in [9.17, 15) is 17.6 Å². The zero-order valence-corrected chi connectivity index (χ0v) is 12.2. The molecule has 2 aromatic carbocycles. The van der Waals surface area contributed by atoms with Crippen LogP contribution in [-0.4, -0.2) is 25.7 Å². The van der Waals surface area contributed by atoms with Crippen molar-refractivity contribution in [1.82, 2.24) is 0 Å². The Morgan fingerprint density at radius 3 is 2.43 bits per heavy atom. The Hall–Kier alpha value is -2.21. The molecule has 0 spiro atoms. The van der Waals surface area contributed by atoms with Crippen molar-refractivity contribution in [3.8, 4) is 11.1 Å². The van der Waals surface area contributed by atoms with Gasteiger partial charge in [0.2, 0.25) is 0 Å². The van der Waals surface area contributed by atoms with Gasteiger partial charge in [-0.05, 0) is 47.9 Å². The van der Waals surface area contributed by atoms with E-state index in [2.05, 4.69) is 0 Å². The Morgan fingerprint density at radius 1 is 1.19 bits per heavy atom. The first-order valence-corrected chi connectivity index (χ1v) is 7.93. The fourth-order valence-electron chi connectivity index (χ4n) is 2.05. The van der Waals surface area contributed by atoms with Gasteiger partial charge in [0.1, 0.15) is 5.82 Å². The minimum Gasteiger partial charge on any atom is -0.478 e. The van der Waals surface area contributed by atoms with Gasteiger partial charge in [0.15, 0.2) is 9.84 Å². The average Bonchev–Trinajstić information content (AvgIpc) is 2.40. The molecule has 0 bridgehead atoms. The lowest BCUT2D eigenvalue weighted by Gasteiger charge is -2.09. The lowest BCUT2D eigenvalue weighted by Crippen LogP contribution is -2.02. The fraction of sp³-hybridized carbons (Fsp3) is 0.133. The van der Waals surface area contributed by atoms with Gasteiger partial charge in [-0.15, -0.1) is 0 Å². The molecule has 0 aliphatic heterocycles. The first-order valence-electron chi connectivity index (χ1n) is 6.04. The number of aryl methyl sites for hydroxylation is 1. The van der Waals surface area contributed by atoms with E-state index in [-0.39, 0.29) is 4.90 Å². The van der Waals surface area contributed by atoms with Crippen LogP contribution in [0.3, 0.4) is 0 Å². The van der Waals surface area contributed by atoms with Crippen LogP contribution in [-0.2, 0) is 9.84 Å². The summed E-state index contributed by atoms with van der Waals surface area (Å²) in [5.41, 5.74) is 1.13. The third kappa shape index (κ3) is 3.11. The predicted octanol–water partition coefficient (Wildman–Crippen LogP) is 2.90. The van der Waals surface area contributed by atoms with E-state index in [4.69, 9.17) is 5.11 Å². The van der Waals surface area contributed by atoms with Crippen molar-refractivity contribution < 1.29 is 22.7 Å². The molecule has 0 aromatic heterocycles. The van der Waals surface area contributed by atoms with Gasteiger partial charge < -0.3 is 5.11 Å². The van der Waals surface area contributed by atoms with Crippen molar-refractivity contribution in [2.24, 2.45) is 0 Å². The summed E-state index contributed by atoms with van der Waals surface area (Å²) in [6.07, 6.45) is 1.09. The summed E-state index contributed by atoms with van der Waals surface area (Å²) in [6.45, 7) is 1.65. The van der Waals surface area contributed by atoms with Crippen LogP contribution in [0.5, 0.6) is 0 Å². The van der Waals surface area contributed by atoms with Gasteiger partial charge in [-0.2, -0.15) is 0 Å².